The Labute approximate surface area is 168 Å². The fraction of sp³-hybridized carbons (Fsp3) is 0.333. The van der Waals surface area contributed by atoms with E-state index in [9.17, 15) is 5.11 Å². The molecule has 1 aliphatic rings. The van der Waals surface area contributed by atoms with E-state index in [0.29, 0.717) is 17.4 Å². The highest BCUT2D eigenvalue weighted by molar-refractivity contribution is 5.90. The number of fused-ring (bicyclic) bond motifs is 2. The Hall–Kier alpha value is -3.26. The molecule has 4 aromatic rings. The molecule has 1 unspecified atom stereocenters. The largest absolute Gasteiger partial charge is 0.507 e. The smallest absolute Gasteiger partial charge is 0.163 e. The molecule has 8 heteroatoms. The number of anilines is 1. The Kier molecular flexibility index (Phi) is 4.09. The maximum atomic E-state index is 10.7. The third-order valence-corrected chi connectivity index (χ3v) is 5.71. The fourth-order valence-electron chi connectivity index (χ4n) is 4.03. The zero-order valence-electron chi connectivity index (χ0n) is 16.7. The molecule has 0 aliphatic carbocycles. The second-order valence-electron chi connectivity index (χ2n) is 7.63. The number of aryl methyl sites for hydroxylation is 2. The van der Waals surface area contributed by atoms with Crippen LogP contribution in [0.3, 0.4) is 0 Å². The monoisotopic (exact) mass is 389 g/mol. The lowest BCUT2D eigenvalue weighted by Crippen LogP contribution is -2.29. The highest BCUT2D eigenvalue weighted by Crippen LogP contribution is 2.35. The van der Waals surface area contributed by atoms with Gasteiger partial charge >= 0.3 is 0 Å². The van der Waals surface area contributed by atoms with Gasteiger partial charge in [0.1, 0.15) is 17.1 Å². The van der Waals surface area contributed by atoms with Gasteiger partial charge in [-0.25, -0.2) is 15.0 Å². The van der Waals surface area contributed by atoms with Crippen LogP contribution in [0.25, 0.3) is 33.3 Å². The van der Waals surface area contributed by atoms with Crippen molar-refractivity contribution in [2.24, 2.45) is 7.05 Å². The van der Waals surface area contributed by atoms with Crippen LogP contribution in [0.5, 0.6) is 5.75 Å². The maximum absolute atomic E-state index is 10.7. The molecule has 1 fully saturated rings. The van der Waals surface area contributed by atoms with Crippen LogP contribution in [0.15, 0.2) is 30.6 Å². The standard InChI is InChI=1S/C21H23N7O/c1-12-19-13(10-27(3)26-19)8-15(20(12)29)21-23-9-17-16(25-21)4-5-18(24-17)28-7-6-14(11-28)22-2/h4-5,8-10,14,22,29H,6-7,11H2,1-3H3. The van der Waals surface area contributed by atoms with Crippen molar-refractivity contribution < 1.29 is 5.11 Å². The third-order valence-electron chi connectivity index (χ3n) is 5.71. The van der Waals surface area contributed by atoms with Crippen LogP contribution in [0.2, 0.25) is 0 Å². The SMILES string of the molecule is CNC1CCN(c2ccc3nc(-c4cc5cn(C)nc5c(C)c4O)ncc3n2)C1. The highest BCUT2D eigenvalue weighted by Gasteiger charge is 2.22. The highest BCUT2D eigenvalue weighted by atomic mass is 16.3. The molecular weight excluding hydrogens is 366 g/mol. The van der Waals surface area contributed by atoms with Gasteiger partial charge in [-0.1, -0.05) is 0 Å². The molecule has 4 heterocycles. The van der Waals surface area contributed by atoms with Crippen LogP contribution in [0.1, 0.15) is 12.0 Å². The van der Waals surface area contributed by atoms with Gasteiger partial charge in [-0.05, 0) is 38.6 Å². The number of aromatic hydroxyl groups is 1. The van der Waals surface area contributed by atoms with E-state index in [1.807, 2.05) is 45.4 Å². The average molecular weight is 389 g/mol. The molecular formula is C21H23N7O. The Balaban J connectivity index is 1.54. The number of aromatic nitrogens is 5. The number of hydrogen-bond donors (Lipinski definition) is 2. The molecule has 1 atom stereocenters. The second-order valence-corrected chi connectivity index (χ2v) is 7.63. The van der Waals surface area contributed by atoms with E-state index in [4.69, 9.17) is 4.98 Å². The molecule has 0 saturated carbocycles. The third kappa shape index (κ3) is 2.96. The summed E-state index contributed by atoms with van der Waals surface area (Å²) in [5.41, 5.74) is 3.62. The normalized spacial score (nSPS) is 16.9. The van der Waals surface area contributed by atoms with Crippen LogP contribution in [-0.4, -0.2) is 56.0 Å². The van der Waals surface area contributed by atoms with Crippen molar-refractivity contribution in [2.45, 2.75) is 19.4 Å². The molecule has 0 bridgehead atoms. The van der Waals surface area contributed by atoms with Gasteiger partial charge in [0.15, 0.2) is 5.82 Å². The number of nitrogens with zero attached hydrogens (tertiary/aromatic N) is 6. The summed E-state index contributed by atoms with van der Waals surface area (Å²) >= 11 is 0. The summed E-state index contributed by atoms with van der Waals surface area (Å²) in [6.07, 6.45) is 4.77. The Morgan fingerprint density at radius 3 is 2.86 bits per heavy atom. The van der Waals surface area contributed by atoms with E-state index in [0.717, 1.165) is 52.8 Å². The van der Waals surface area contributed by atoms with E-state index in [2.05, 4.69) is 25.3 Å². The Morgan fingerprint density at radius 1 is 1.21 bits per heavy atom. The molecule has 3 aromatic heterocycles. The van der Waals surface area contributed by atoms with E-state index < -0.39 is 0 Å². The van der Waals surface area contributed by atoms with Gasteiger partial charge in [0.05, 0.1) is 22.8 Å². The summed E-state index contributed by atoms with van der Waals surface area (Å²) in [4.78, 5) is 16.2. The first kappa shape index (κ1) is 17.8. The van der Waals surface area contributed by atoms with Gasteiger partial charge in [0, 0.05) is 43.3 Å². The zero-order valence-corrected chi connectivity index (χ0v) is 16.7. The minimum atomic E-state index is 0.162. The lowest BCUT2D eigenvalue weighted by molar-refractivity contribution is 0.473. The molecule has 1 aliphatic heterocycles. The van der Waals surface area contributed by atoms with Gasteiger partial charge in [-0.2, -0.15) is 5.10 Å². The topological polar surface area (TPSA) is 92.0 Å². The molecule has 0 radical (unpaired) electrons. The Morgan fingerprint density at radius 2 is 2.07 bits per heavy atom. The first-order valence-corrected chi connectivity index (χ1v) is 9.76. The van der Waals surface area contributed by atoms with Crippen LogP contribution < -0.4 is 10.2 Å². The van der Waals surface area contributed by atoms with Crippen molar-refractivity contribution in [3.63, 3.8) is 0 Å². The van der Waals surface area contributed by atoms with Crippen molar-refractivity contribution in [3.8, 4) is 17.1 Å². The van der Waals surface area contributed by atoms with E-state index in [1.54, 1.807) is 10.9 Å². The minimum Gasteiger partial charge on any atom is -0.507 e. The predicted octanol–water partition coefficient (Wildman–Crippen LogP) is 2.39. The van der Waals surface area contributed by atoms with Crippen molar-refractivity contribution in [1.29, 1.82) is 0 Å². The molecule has 1 aromatic carbocycles. The summed E-state index contributed by atoms with van der Waals surface area (Å²) in [5.74, 6) is 1.59. The van der Waals surface area contributed by atoms with Crippen molar-refractivity contribution in [3.05, 3.63) is 36.2 Å². The fourth-order valence-corrected chi connectivity index (χ4v) is 4.03. The quantitative estimate of drug-likeness (QED) is 0.556. The zero-order chi connectivity index (χ0) is 20.1. The molecule has 148 valence electrons. The second kappa shape index (κ2) is 6.66. The lowest BCUT2D eigenvalue weighted by atomic mass is 10.1. The van der Waals surface area contributed by atoms with E-state index >= 15 is 0 Å². The summed E-state index contributed by atoms with van der Waals surface area (Å²) in [5, 5.41) is 19.4. The summed E-state index contributed by atoms with van der Waals surface area (Å²) in [6.45, 7) is 3.80. The number of phenols is 1. The van der Waals surface area contributed by atoms with E-state index in [-0.39, 0.29) is 5.75 Å². The van der Waals surface area contributed by atoms with Gasteiger partial charge < -0.3 is 15.3 Å². The molecule has 8 nitrogen and oxygen atoms in total. The number of rotatable bonds is 3. The minimum absolute atomic E-state index is 0.162. The van der Waals surface area contributed by atoms with E-state index in [1.165, 1.54) is 0 Å². The first-order chi connectivity index (χ1) is 14.0. The Bertz CT molecular complexity index is 1230. The van der Waals surface area contributed by atoms with Gasteiger partial charge in [-0.3, -0.25) is 4.68 Å². The molecule has 0 spiro atoms. The first-order valence-electron chi connectivity index (χ1n) is 9.76. The van der Waals surface area contributed by atoms with Crippen LogP contribution in [0.4, 0.5) is 5.82 Å². The number of benzene rings is 1. The molecule has 0 amide bonds. The number of phenolic OH excluding ortho intramolecular Hbond substituents is 1. The van der Waals surface area contributed by atoms with Crippen molar-refractivity contribution >= 4 is 27.8 Å². The maximum Gasteiger partial charge on any atom is 0.163 e. The van der Waals surface area contributed by atoms with Crippen LogP contribution in [0, 0.1) is 6.92 Å². The van der Waals surface area contributed by atoms with Crippen LogP contribution in [-0.2, 0) is 7.05 Å². The number of pyridine rings is 1. The number of nitrogens with one attached hydrogen (secondary N) is 1. The van der Waals surface area contributed by atoms with Gasteiger partial charge in [-0.15, -0.1) is 0 Å². The summed E-state index contributed by atoms with van der Waals surface area (Å²) in [7, 11) is 3.86. The predicted molar refractivity (Wildman–Crippen MR) is 113 cm³/mol. The lowest BCUT2D eigenvalue weighted by Gasteiger charge is -2.17. The van der Waals surface area contributed by atoms with Crippen molar-refractivity contribution in [1.82, 2.24) is 30.0 Å². The molecule has 2 N–H and O–H groups in total. The molecule has 5 rings (SSSR count). The van der Waals surface area contributed by atoms with Crippen molar-refractivity contribution in [2.75, 3.05) is 25.0 Å². The average Bonchev–Trinajstić information content (AvgIpc) is 3.36. The number of hydrogen-bond acceptors (Lipinski definition) is 7. The number of likely N-dealkylation sites (N-methyl/N-ethyl adjacent to an activating group) is 1. The molecule has 29 heavy (non-hydrogen) atoms. The molecule has 1 saturated heterocycles. The summed E-state index contributed by atoms with van der Waals surface area (Å²) < 4.78 is 1.74. The summed E-state index contributed by atoms with van der Waals surface area (Å²) in [6, 6.07) is 6.37. The van der Waals surface area contributed by atoms with Gasteiger partial charge in [0.25, 0.3) is 0 Å². The van der Waals surface area contributed by atoms with Gasteiger partial charge in [0.2, 0.25) is 0 Å². The van der Waals surface area contributed by atoms with Crippen LogP contribution >= 0.6 is 0 Å².